The number of carbonyl (C=O) groups excluding carboxylic acids is 1. The van der Waals surface area contributed by atoms with E-state index in [2.05, 4.69) is 5.32 Å². The molecule has 4 rings (SSSR count). The fraction of sp³-hybridized carbons (Fsp3) is 0.409. The van der Waals surface area contributed by atoms with E-state index in [9.17, 15) is 13.2 Å². The average molecular weight is 481 g/mol. The maximum absolute atomic E-state index is 13.3. The maximum atomic E-state index is 13.3. The highest BCUT2D eigenvalue weighted by Crippen LogP contribution is 2.38. The highest BCUT2D eigenvalue weighted by atomic mass is 35.5. The van der Waals surface area contributed by atoms with Gasteiger partial charge in [0, 0.05) is 22.6 Å². The van der Waals surface area contributed by atoms with E-state index in [1.54, 1.807) is 36.4 Å². The molecule has 2 aliphatic rings. The Morgan fingerprint density at radius 2 is 1.90 bits per heavy atom. The van der Waals surface area contributed by atoms with Crippen molar-refractivity contribution in [2.24, 2.45) is 0 Å². The summed E-state index contributed by atoms with van der Waals surface area (Å²) in [5, 5.41) is 3.98. The summed E-state index contributed by atoms with van der Waals surface area (Å²) in [6.07, 6.45) is 4.12. The third-order valence-electron chi connectivity index (χ3n) is 5.47. The second kappa shape index (κ2) is 9.71. The van der Waals surface area contributed by atoms with Crippen LogP contribution >= 0.6 is 23.4 Å². The van der Waals surface area contributed by atoms with Gasteiger partial charge in [-0.15, -0.1) is 0 Å². The molecule has 1 heterocycles. The molecule has 1 unspecified atom stereocenters. The standard InChI is InChI=1S/C22H25ClN2O4S2/c23-16-10-11-20-19(14-16)25(31(27,28)18-8-2-1-3-9-18)15-21(29-20)22(26)24-12-13-30-17-6-4-5-7-17/h1-3,8-11,14,17,21H,4-7,12-13,15H2,(H,24,26). The number of fused-ring (bicyclic) bond motifs is 1. The van der Waals surface area contributed by atoms with Crippen LogP contribution in [0.1, 0.15) is 25.7 Å². The van der Waals surface area contributed by atoms with Gasteiger partial charge in [-0.25, -0.2) is 8.42 Å². The Balaban J connectivity index is 1.49. The third-order valence-corrected chi connectivity index (χ3v) is 8.88. The van der Waals surface area contributed by atoms with Crippen molar-refractivity contribution in [1.82, 2.24) is 5.32 Å². The molecule has 1 atom stereocenters. The fourth-order valence-corrected chi connectivity index (χ4v) is 6.75. The Morgan fingerprint density at radius 1 is 1.16 bits per heavy atom. The van der Waals surface area contributed by atoms with E-state index in [1.807, 2.05) is 11.8 Å². The van der Waals surface area contributed by atoms with Crippen LogP contribution in [-0.2, 0) is 14.8 Å². The second-order valence-corrected chi connectivity index (χ2v) is 11.3. The molecule has 9 heteroatoms. The number of benzene rings is 2. The summed E-state index contributed by atoms with van der Waals surface area (Å²) < 4.78 is 33.7. The number of anilines is 1. The summed E-state index contributed by atoms with van der Waals surface area (Å²) >= 11 is 8.01. The monoisotopic (exact) mass is 480 g/mol. The molecule has 1 N–H and O–H groups in total. The molecule has 2 aromatic rings. The van der Waals surface area contributed by atoms with Crippen LogP contribution in [0.25, 0.3) is 0 Å². The highest BCUT2D eigenvalue weighted by molar-refractivity contribution is 7.99. The first-order valence-corrected chi connectivity index (χ1v) is 13.2. The number of ether oxygens (including phenoxy) is 1. The lowest BCUT2D eigenvalue weighted by molar-refractivity contribution is -0.127. The van der Waals surface area contributed by atoms with Crippen molar-refractivity contribution in [3.63, 3.8) is 0 Å². The second-order valence-electron chi connectivity index (χ2n) is 7.64. The van der Waals surface area contributed by atoms with Crippen molar-refractivity contribution >= 4 is 45.0 Å². The Bertz CT molecular complexity index is 1030. The molecule has 31 heavy (non-hydrogen) atoms. The van der Waals surface area contributed by atoms with Gasteiger partial charge in [0.15, 0.2) is 6.10 Å². The Labute approximate surface area is 192 Å². The smallest absolute Gasteiger partial charge is 0.264 e. The van der Waals surface area contributed by atoms with Crippen molar-refractivity contribution < 1.29 is 17.9 Å². The van der Waals surface area contributed by atoms with Gasteiger partial charge in [-0.05, 0) is 43.2 Å². The van der Waals surface area contributed by atoms with Crippen LogP contribution in [0.2, 0.25) is 5.02 Å². The highest BCUT2D eigenvalue weighted by Gasteiger charge is 2.37. The number of hydrogen-bond donors (Lipinski definition) is 1. The minimum Gasteiger partial charge on any atom is -0.476 e. The average Bonchev–Trinajstić information content (AvgIpc) is 3.30. The fourth-order valence-electron chi connectivity index (χ4n) is 3.88. The van der Waals surface area contributed by atoms with Crippen molar-refractivity contribution in [2.75, 3.05) is 23.1 Å². The quantitative estimate of drug-likeness (QED) is 0.604. The van der Waals surface area contributed by atoms with Crippen molar-refractivity contribution in [1.29, 1.82) is 0 Å². The number of rotatable bonds is 7. The number of carbonyl (C=O) groups is 1. The van der Waals surface area contributed by atoms with E-state index in [-0.39, 0.29) is 17.3 Å². The normalized spacial score (nSPS) is 19.0. The van der Waals surface area contributed by atoms with E-state index < -0.39 is 16.1 Å². The lowest BCUT2D eigenvalue weighted by Crippen LogP contribution is -2.51. The van der Waals surface area contributed by atoms with Crippen LogP contribution in [0.15, 0.2) is 53.4 Å². The minimum atomic E-state index is -3.88. The Morgan fingerprint density at radius 3 is 2.65 bits per heavy atom. The molecule has 0 aromatic heterocycles. The molecule has 1 aliphatic carbocycles. The van der Waals surface area contributed by atoms with Gasteiger partial charge in [0.1, 0.15) is 5.75 Å². The minimum absolute atomic E-state index is 0.119. The van der Waals surface area contributed by atoms with E-state index in [0.717, 1.165) is 5.75 Å². The van der Waals surface area contributed by atoms with Gasteiger partial charge in [0.2, 0.25) is 0 Å². The van der Waals surface area contributed by atoms with E-state index in [4.69, 9.17) is 16.3 Å². The summed E-state index contributed by atoms with van der Waals surface area (Å²) in [4.78, 5) is 12.9. The third kappa shape index (κ3) is 5.13. The topological polar surface area (TPSA) is 75.7 Å². The first kappa shape index (κ1) is 22.3. The number of halogens is 1. The SMILES string of the molecule is O=C(NCCSC1CCCC1)C1CN(S(=O)(=O)c2ccccc2)c2cc(Cl)ccc2O1. The van der Waals surface area contributed by atoms with E-state index >= 15 is 0 Å². The van der Waals surface area contributed by atoms with Crippen molar-refractivity contribution in [3.8, 4) is 5.75 Å². The molecular weight excluding hydrogens is 456 g/mol. The zero-order chi connectivity index (χ0) is 21.8. The van der Waals surface area contributed by atoms with Gasteiger partial charge in [-0.1, -0.05) is 42.6 Å². The van der Waals surface area contributed by atoms with Crippen molar-refractivity contribution in [2.45, 2.75) is 41.9 Å². The van der Waals surface area contributed by atoms with Gasteiger partial charge in [-0.3, -0.25) is 9.10 Å². The van der Waals surface area contributed by atoms with Crippen LogP contribution in [-0.4, -0.2) is 44.5 Å². The van der Waals surface area contributed by atoms with Crippen LogP contribution in [0.5, 0.6) is 5.75 Å². The molecule has 1 amide bonds. The zero-order valence-corrected chi connectivity index (χ0v) is 19.4. The van der Waals surface area contributed by atoms with Gasteiger partial charge < -0.3 is 10.1 Å². The Hall–Kier alpha value is -1.90. The molecule has 0 radical (unpaired) electrons. The predicted octanol–water partition coefficient (Wildman–Crippen LogP) is 4.09. The van der Waals surface area contributed by atoms with Gasteiger partial charge in [0.25, 0.3) is 15.9 Å². The first-order valence-electron chi connectivity index (χ1n) is 10.4. The Kier molecular flexibility index (Phi) is 6.99. The maximum Gasteiger partial charge on any atom is 0.264 e. The molecule has 1 aliphatic heterocycles. The number of hydrogen-bond acceptors (Lipinski definition) is 5. The summed E-state index contributed by atoms with van der Waals surface area (Å²) in [6, 6.07) is 12.9. The van der Waals surface area contributed by atoms with Gasteiger partial charge in [0.05, 0.1) is 17.1 Å². The molecular formula is C22H25ClN2O4S2. The molecule has 6 nitrogen and oxygen atoms in total. The van der Waals surface area contributed by atoms with Crippen LogP contribution < -0.4 is 14.4 Å². The van der Waals surface area contributed by atoms with E-state index in [0.29, 0.717) is 28.3 Å². The number of nitrogens with one attached hydrogen (secondary N) is 1. The molecule has 0 saturated heterocycles. The summed E-state index contributed by atoms with van der Waals surface area (Å²) in [7, 11) is -3.88. The van der Waals surface area contributed by atoms with Crippen molar-refractivity contribution in [3.05, 3.63) is 53.6 Å². The number of amides is 1. The number of sulfonamides is 1. The van der Waals surface area contributed by atoms with Gasteiger partial charge in [-0.2, -0.15) is 11.8 Å². The first-order chi connectivity index (χ1) is 14.9. The van der Waals surface area contributed by atoms with Crippen LogP contribution in [0.4, 0.5) is 5.69 Å². The molecule has 1 fully saturated rings. The largest absolute Gasteiger partial charge is 0.476 e. The summed E-state index contributed by atoms with van der Waals surface area (Å²) in [5.41, 5.74) is 0.331. The lowest BCUT2D eigenvalue weighted by atomic mass is 10.2. The predicted molar refractivity (Wildman–Crippen MR) is 125 cm³/mol. The lowest BCUT2D eigenvalue weighted by Gasteiger charge is -2.34. The van der Waals surface area contributed by atoms with Crippen LogP contribution in [0.3, 0.4) is 0 Å². The summed E-state index contributed by atoms with van der Waals surface area (Å²) in [5.74, 6) is 0.831. The molecule has 0 bridgehead atoms. The number of thioether (sulfide) groups is 1. The molecule has 2 aromatic carbocycles. The molecule has 166 valence electrons. The molecule has 0 spiro atoms. The summed E-state index contributed by atoms with van der Waals surface area (Å²) in [6.45, 7) is 0.408. The van der Waals surface area contributed by atoms with Crippen LogP contribution in [0, 0.1) is 0 Å². The molecule has 1 saturated carbocycles. The zero-order valence-electron chi connectivity index (χ0n) is 17.0. The van der Waals surface area contributed by atoms with E-state index in [1.165, 1.54) is 42.1 Å². The number of nitrogens with zero attached hydrogens (tertiary/aromatic N) is 1. The van der Waals surface area contributed by atoms with Gasteiger partial charge >= 0.3 is 0 Å².